The van der Waals surface area contributed by atoms with Crippen LogP contribution in [0.25, 0.3) is 10.9 Å². The molecule has 3 aromatic rings. The van der Waals surface area contributed by atoms with E-state index in [9.17, 15) is 4.79 Å². The van der Waals surface area contributed by atoms with Crippen LogP contribution in [-0.2, 0) is 22.5 Å². The van der Waals surface area contributed by atoms with Gasteiger partial charge in [-0.05, 0) is 29.8 Å². The van der Waals surface area contributed by atoms with E-state index in [1.807, 2.05) is 65.4 Å². The number of rotatable bonds is 6. The topological polar surface area (TPSA) is 40.5 Å². The largest absolute Gasteiger partial charge is 0.497 e. The molecule has 0 amide bonds. The molecule has 4 nitrogen and oxygen atoms in total. The van der Waals surface area contributed by atoms with Gasteiger partial charge in [0.2, 0.25) is 0 Å². The van der Waals surface area contributed by atoms with E-state index in [1.54, 1.807) is 7.11 Å². The predicted octanol–water partition coefficient (Wildman–Crippen LogP) is 3.44. The standard InChI is InChI=1S/C19H19NO3/c1-22-17-7-8-18-16(13-17)9-11-20(18)14-19(21)23-12-10-15-5-3-2-4-6-15/h2-9,11,13H,10,12,14H2,1H3. The van der Waals surface area contributed by atoms with Crippen molar-refractivity contribution in [2.24, 2.45) is 0 Å². The molecule has 0 atom stereocenters. The van der Waals surface area contributed by atoms with Crippen molar-refractivity contribution in [3.05, 3.63) is 66.4 Å². The van der Waals surface area contributed by atoms with Gasteiger partial charge in [-0.2, -0.15) is 0 Å². The number of fused-ring (bicyclic) bond motifs is 1. The van der Waals surface area contributed by atoms with Gasteiger partial charge in [-0.1, -0.05) is 30.3 Å². The van der Waals surface area contributed by atoms with Crippen LogP contribution in [0.3, 0.4) is 0 Å². The number of esters is 1. The first-order valence-electron chi connectivity index (χ1n) is 7.59. The highest BCUT2D eigenvalue weighted by Gasteiger charge is 2.08. The van der Waals surface area contributed by atoms with Gasteiger partial charge in [-0.15, -0.1) is 0 Å². The van der Waals surface area contributed by atoms with Crippen LogP contribution in [0, 0.1) is 0 Å². The number of aromatic nitrogens is 1. The number of ether oxygens (including phenoxy) is 2. The van der Waals surface area contributed by atoms with Crippen LogP contribution in [0.5, 0.6) is 5.75 Å². The lowest BCUT2D eigenvalue weighted by Crippen LogP contribution is -2.14. The molecule has 118 valence electrons. The molecule has 1 heterocycles. The third-order valence-electron chi connectivity index (χ3n) is 3.77. The zero-order valence-corrected chi connectivity index (χ0v) is 13.1. The van der Waals surface area contributed by atoms with Gasteiger partial charge in [0, 0.05) is 23.5 Å². The molecule has 0 spiro atoms. The number of methoxy groups -OCH3 is 1. The summed E-state index contributed by atoms with van der Waals surface area (Å²) in [7, 11) is 1.64. The zero-order valence-electron chi connectivity index (χ0n) is 13.1. The molecule has 23 heavy (non-hydrogen) atoms. The summed E-state index contributed by atoms with van der Waals surface area (Å²) < 4.78 is 12.4. The Morgan fingerprint density at radius 2 is 1.91 bits per heavy atom. The summed E-state index contributed by atoms with van der Waals surface area (Å²) >= 11 is 0. The van der Waals surface area contributed by atoms with Crippen molar-refractivity contribution in [2.45, 2.75) is 13.0 Å². The summed E-state index contributed by atoms with van der Waals surface area (Å²) in [6.45, 7) is 0.612. The van der Waals surface area contributed by atoms with Gasteiger partial charge in [-0.25, -0.2) is 0 Å². The third kappa shape index (κ3) is 3.72. The summed E-state index contributed by atoms with van der Waals surface area (Å²) in [5, 5.41) is 1.04. The molecular weight excluding hydrogens is 290 g/mol. The number of hydrogen-bond donors (Lipinski definition) is 0. The molecule has 3 rings (SSSR count). The first-order chi connectivity index (χ1) is 11.3. The van der Waals surface area contributed by atoms with E-state index in [-0.39, 0.29) is 12.5 Å². The molecule has 2 aromatic carbocycles. The number of nitrogens with zero attached hydrogens (tertiary/aromatic N) is 1. The first-order valence-corrected chi connectivity index (χ1v) is 7.59. The maximum Gasteiger partial charge on any atom is 0.325 e. The van der Waals surface area contributed by atoms with Gasteiger partial charge in [0.1, 0.15) is 12.3 Å². The van der Waals surface area contributed by atoms with Crippen molar-refractivity contribution in [2.75, 3.05) is 13.7 Å². The van der Waals surface area contributed by atoms with Gasteiger partial charge in [0.15, 0.2) is 0 Å². The molecule has 0 bridgehead atoms. The van der Waals surface area contributed by atoms with E-state index < -0.39 is 0 Å². The Kier molecular flexibility index (Phi) is 4.62. The van der Waals surface area contributed by atoms with Crippen LogP contribution in [0.1, 0.15) is 5.56 Å². The quantitative estimate of drug-likeness (QED) is 0.655. The van der Waals surface area contributed by atoms with Gasteiger partial charge in [0.25, 0.3) is 0 Å². The van der Waals surface area contributed by atoms with Crippen LogP contribution in [-0.4, -0.2) is 24.3 Å². The summed E-state index contributed by atoms with van der Waals surface area (Å²) in [5.74, 6) is 0.579. The minimum absolute atomic E-state index is 0.213. The number of benzene rings is 2. The number of carbonyl (C=O) groups excluding carboxylic acids is 1. The Hall–Kier alpha value is -2.75. The number of carbonyl (C=O) groups is 1. The molecule has 0 unspecified atom stereocenters. The second-order valence-corrected chi connectivity index (χ2v) is 5.32. The molecule has 0 radical (unpaired) electrons. The minimum Gasteiger partial charge on any atom is -0.497 e. The second kappa shape index (κ2) is 7.01. The maximum atomic E-state index is 12.0. The molecule has 0 aliphatic carbocycles. The van der Waals surface area contributed by atoms with Crippen molar-refractivity contribution >= 4 is 16.9 Å². The molecule has 1 aromatic heterocycles. The number of hydrogen-bond acceptors (Lipinski definition) is 3. The molecular formula is C19H19NO3. The zero-order chi connectivity index (χ0) is 16.1. The predicted molar refractivity (Wildman–Crippen MR) is 89.6 cm³/mol. The average Bonchev–Trinajstić information content (AvgIpc) is 2.98. The molecule has 0 N–H and O–H groups in total. The Morgan fingerprint density at radius 3 is 2.70 bits per heavy atom. The molecule has 0 fully saturated rings. The van der Waals surface area contributed by atoms with Crippen LogP contribution in [0.15, 0.2) is 60.8 Å². The highest BCUT2D eigenvalue weighted by molar-refractivity contribution is 5.83. The van der Waals surface area contributed by atoms with Crippen molar-refractivity contribution in [3.8, 4) is 5.75 Å². The fraction of sp³-hybridized carbons (Fsp3) is 0.211. The molecule has 4 heteroatoms. The molecule has 0 saturated heterocycles. The van der Waals surface area contributed by atoms with Crippen LogP contribution >= 0.6 is 0 Å². The monoisotopic (exact) mass is 309 g/mol. The lowest BCUT2D eigenvalue weighted by atomic mass is 10.2. The van der Waals surface area contributed by atoms with E-state index in [2.05, 4.69) is 0 Å². The van der Waals surface area contributed by atoms with Gasteiger partial charge >= 0.3 is 5.97 Å². The van der Waals surface area contributed by atoms with E-state index in [0.29, 0.717) is 6.61 Å². The fourth-order valence-corrected chi connectivity index (χ4v) is 2.56. The third-order valence-corrected chi connectivity index (χ3v) is 3.77. The minimum atomic E-state index is -0.228. The fourth-order valence-electron chi connectivity index (χ4n) is 2.56. The lowest BCUT2D eigenvalue weighted by Gasteiger charge is -2.07. The Labute approximate surface area is 135 Å². The summed E-state index contributed by atoms with van der Waals surface area (Å²) in [6.07, 6.45) is 2.62. The van der Waals surface area contributed by atoms with Crippen molar-refractivity contribution < 1.29 is 14.3 Å². The van der Waals surface area contributed by atoms with Gasteiger partial charge in [0.05, 0.1) is 13.7 Å². The summed E-state index contributed by atoms with van der Waals surface area (Å²) in [5.41, 5.74) is 2.16. The SMILES string of the molecule is COc1ccc2c(ccn2CC(=O)OCCc2ccccc2)c1. The van der Waals surface area contributed by atoms with E-state index in [1.165, 1.54) is 5.56 Å². The highest BCUT2D eigenvalue weighted by Crippen LogP contribution is 2.21. The second-order valence-electron chi connectivity index (χ2n) is 5.32. The summed E-state index contributed by atoms with van der Waals surface area (Å²) in [4.78, 5) is 12.0. The molecule has 0 saturated carbocycles. The van der Waals surface area contributed by atoms with E-state index >= 15 is 0 Å². The Bertz CT molecular complexity index is 793. The molecule has 0 aliphatic rings. The van der Waals surface area contributed by atoms with Crippen molar-refractivity contribution in [1.82, 2.24) is 4.57 Å². The van der Waals surface area contributed by atoms with E-state index in [0.717, 1.165) is 23.1 Å². The van der Waals surface area contributed by atoms with Crippen molar-refractivity contribution in [3.63, 3.8) is 0 Å². The van der Waals surface area contributed by atoms with Crippen molar-refractivity contribution in [1.29, 1.82) is 0 Å². The van der Waals surface area contributed by atoms with Crippen LogP contribution in [0.4, 0.5) is 0 Å². The summed E-state index contributed by atoms with van der Waals surface area (Å²) in [6, 6.07) is 17.8. The van der Waals surface area contributed by atoms with Crippen LogP contribution < -0.4 is 4.74 Å². The maximum absolute atomic E-state index is 12.0. The van der Waals surface area contributed by atoms with Gasteiger partial charge in [-0.3, -0.25) is 4.79 Å². The average molecular weight is 309 g/mol. The Balaban J connectivity index is 1.57. The lowest BCUT2D eigenvalue weighted by molar-refractivity contribution is -0.144. The smallest absolute Gasteiger partial charge is 0.325 e. The Morgan fingerprint density at radius 1 is 1.09 bits per heavy atom. The molecule has 0 aliphatic heterocycles. The van der Waals surface area contributed by atoms with E-state index in [4.69, 9.17) is 9.47 Å². The first kappa shape index (κ1) is 15.2. The highest BCUT2D eigenvalue weighted by atomic mass is 16.5. The van der Waals surface area contributed by atoms with Gasteiger partial charge < -0.3 is 14.0 Å². The normalized spacial score (nSPS) is 10.7. The van der Waals surface area contributed by atoms with Crippen LogP contribution in [0.2, 0.25) is 0 Å².